The van der Waals surface area contributed by atoms with Crippen molar-refractivity contribution in [2.45, 2.75) is 13.0 Å². The summed E-state index contributed by atoms with van der Waals surface area (Å²) in [7, 11) is 3.37. The van der Waals surface area contributed by atoms with Crippen LogP contribution in [0.3, 0.4) is 0 Å². The number of benzene rings is 2. The minimum Gasteiger partial charge on any atom is -0.449 e. The molecule has 3 rings (SSSR count). The number of carbonyl (C=O) groups excluding carboxylic acids is 1. The van der Waals surface area contributed by atoms with Crippen LogP contribution in [-0.2, 0) is 4.74 Å². The molecule has 1 heterocycles. The molecule has 0 unspecified atom stereocenters. The van der Waals surface area contributed by atoms with E-state index < -0.39 is 17.0 Å². The van der Waals surface area contributed by atoms with Crippen molar-refractivity contribution < 1.29 is 18.9 Å². The van der Waals surface area contributed by atoms with E-state index in [4.69, 9.17) is 9.15 Å². The predicted molar refractivity (Wildman–Crippen MR) is 101 cm³/mol. The normalized spacial score (nSPS) is 11.7. The molecule has 3 aromatic rings. The van der Waals surface area contributed by atoms with E-state index in [2.05, 4.69) is 10.2 Å². The third-order valence-electron chi connectivity index (χ3n) is 3.98. The molecule has 0 aliphatic carbocycles. The van der Waals surface area contributed by atoms with Gasteiger partial charge in [-0.25, -0.2) is 4.79 Å². The van der Waals surface area contributed by atoms with Crippen molar-refractivity contribution in [1.29, 1.82) is 0 Å². The van der Waals surface area contributed by atoms with Gasteiger partial charge in [0.1, 0.15) is 5.69 Å². The Morgan fingerprint density at radius 1 is 1.18 bits per heavy atom. The summed E-state index contributed by atoms with van der Waals surface area (Å²) in [6, 6.07) is 13.3. The zero-order valence-corrected chi connectivity index (χ0v) is 15.5. The van der Waals surface area contributed by atoms with Crippen LogP contribution in [0.25, 0.3) is 11.5 Å². The van der Waals surface area contributed by atoms with Crippen molar-refractivity contribution in [3.63, 3.8) is 0 Å². The van der Waals surface area contributed by atoms with Gasteiger partial charge in [-0.3, -0.25) is 10.1 Å². The second kappa shape index (κ2) is 7.87. The van der Waals surface area contributed by atoms with Gasteiger partial charge in [0, 0.05) is 25.7 Å². The van der Waals surface area contributed by atoms with Gasteiger partial charge in [-0.05, 0) is 31.2 Å². The van der Waals surface area contributed by atoms with E-state index in [0.717, 1.165) is 5.56 Å². The summed E-state index contributed by atoms with van der Waals surface area (Å²) in [4.78, 5) is 24.7. The Hall–Kier alpha value is -3.75. The lowest BCUT2D eigenvalue weighted by Crippen LogP contribution is -2.13. The zero-order chi connectivity index (χ0) is 20.3. The summed E-state index contributed by atoms with van der Waals surface area (Å²) in [5.74, 6) is -0.281. The maximum absolute atomic E-state index is 12.4. The Labute approximate surface area is 160 Å². The van der Waals surface area contributed by atoms with Gasteiger partial charge in [0.2, 0.25) is 5.89 Å². The molecule has 9 heteroatoms. The van der Waals surface area contributed by atoms with E-state index in [9.17, 15) is 14.9 Å². The summed E-state index contributed by atoms with van der Waals surface area (Å²) in [5.41, 5.74) is 1.01. The molecule has 2 aromatic carbocycles. The summed E-state index contributed by atoms with van der Waals surface area (Å²) < 4.78 is 10.9. The van der Waals surface area contributed by atoms with Crippen LogP contribution in [0.1, 0.15) is 29.3 Å². The zero-order valence-electron chi connectivity index (χ0n) is 15.5. The van der Waals surface area contributed by atoms with E-state index in [-0.39, 0.29) is 17.1 Å². The lowest BCUT2D eigenvalue weighted by molar-refractivity contribution is -0.384. The minimum absolute atomic E-state index is 0.0620. The van der Waals surface area contributed by atoms with Crippen LogP contribution in [0.4, 0.5) is 11.4 Å². The van der Waals surface area contributed by atoms with Crippen molar-refractivity contribution in [2.24, 2.45) is 0 Å². The monoisotopic (exact) mass is 382 g/mol. The van der Waals surface area contributed by atoms with Gasteiger partial charge < -0.3 is 14.1 Å². The molecule has 0 radical (unpaired) electrons. The number of nitrogens with zero attached hydrogens (tertiary/aromatic N) is 4. The highest BCUT2D eigenvalue weighted by Crippen LogP contribution is 2.29. The number of ether oxygens (including phenoxy) is 1. The van der Waals surface area contributed by atoms with Crippen LogP contribution < -0.4 is 4.90 Å². The third-order valence-corrected chi connectivity index (χ3v) is 3.98. The van der Waals surface area contributed by atoms with E-state index in [1.54, 1.807) is 25.9 Å². The van der Waals surface area contributed by atoms with Crippen LogP contribution in [0.5, 0.6) is 0 Å². The number of nitro groups is 1. The highest BCUT2D eigenvalue weighted by Gasteiger charge is 2.23. The molecule has 0 amide bonds. The first-order chi connectivity index (χ1) is 13.4. The van der Waals surface area contributed by atoms with Gasteiger partial charge in [0.25, 0.3) is 11.6 Å². The fraction of sp³-hybridized carbons (Fsp3) is 0.211. The smallest absolute Gasteiger partial charge is 0.339 e. The van der Waals surface area contributed by atoms with Gasteiger partial charge in [-0.2, -0.15) is 0 Å². The molecule has 1 aromatic heterocycles. The standard InChI is InChI=1S/C19H18N4O5/c1-12(17-20-21-18(28-17)13-7-5-4-6-8-13)27-19(24)14-9-10-15(22(2)3)16(11-14)23(25)26/h4-12H,1-3H3/t12-/m0/s1. The van der Waals surface area contributed by atoms with Crippen molar-refractivity contribution in [1.82, 2.24) is 10.2 Å². The van der Waals surface area contributed by atoms with Crippen LogP contribution in [-0.4, -0.2) is 35.2 Å². The van der Waals surface area contributed by atoms with E-state index in [0.29, 0.717) is 11.6 Å². The average molecular weight is 382 g/mol. The largest absolute Gasteiger partial charge is 0.449 e. The molecule has 0 aliphatic rings. The fourth-order valence-electron chi connectivity index (χ4n) is 2.55. The van der Waals surface area contributed by atoms with Gasteiger partial charge in [-0.15, -0.1) is 10.2 Å². The molecule has 28 heavy (non-hydrogen) atoms. The summed E-state index contributed by atoms with van der Waals surface area (Å²) in [5, 5.41) is 19.1. The van der Waals surface area contributed by atoms with Gasteiger partial charge in [-0.1, -0.05) is 18.2 Å². The summed E-state index contributed by atoms with van der Waals surface area (Å²) in [6.45, 7) is 1.59. The quantitative estimate of drug-likeness (QED) is 0.361. The molecule has 1 atom stereocenters. The fourth-order valence-corrected chi connectivity index (χ4v) is 2.55. The molecular weight excluding hydrogens is 364 g/mol. The Kier molecular flexibility index (Phi) is 5.35. The first-order valence-electron chi connectivity index (χ1n) is 8.42. The van der Waals surface area contributed by atoms with E-state index in [1.165, 1.54) is 18.2 Å². The van der Waals surface area contributed by atoms with Crippen molar-refractivity contribution in [2.75, 3.05) is 19.0 Å². The second-order valence-electron chi connectivity index (χ2n) is 6.21. The SMILES string of the molecule is C[C@H](OC(=O)c1ccc(N(C)C)c([N+](=O)[O-])c1)c1nnc(-c2ccccc2)o1. The van der Waals surface area contributed by atoms with Crippen LogP contribution in [0, 0.1) is 10.1 Å². The highest BCUT2D eigenvalue weighted by molar-refractivity contribution is 5.91. The number of esters is 1. The number of nitro benzene ring substituents is 1. The number of rotatable bonds is 6. The lowest BCUT2D eigenvalue weighted by atomic mass is 10.1. The number of carbonyl (C=O) groups is 1. The average Bonchev–Trinajstić information content (AvgIpc) is 3.18. The number of anilines is 1. The Bertz CT molecular complexity index is 1000. The van der Waals surface area contributed by atoms with Crippen molar-refractivity contribution in [3.8, 4) is 11.5 Å². The molecule has 0 saturated carbocycles. The lowest BCUT2D eigenvalue weighted by Gasteiger charge is -2.14. The van der Waals surface area contributed by atoms with Crippen LogP contribution >= 0.6 is 0 Å². The maximum atomic E-state index is 12.4. The van der Waals surface area contributed by atoms with E-state index >= 15 is 0 Å². The Morgan fingerprint density at radius 2 is 1.89 bits per heavy atom. The van der Waals surface area contributed by atoms with Crippen LogP contribution in [0.2, 0.25) is 0 Å². The molecular formula is C19H18N4O5. The topological polar surface area (TPSA) is 112 Å². The first kappa shape index (κ1) is 19.0. The third kappa shape index (κ3) is 3.98. The number of hydrogen-bond donors (Lipinski definition) is 0. The molecule has 144 valence electrons. The van der Waals surface area contributed by atoms with Gasteiger partial charge in [0.15, 0.2) is 6.10 Å². The molecule has 9 nitrogen and oxygen atoms in total. The molecule has 0 aliphatic heterocycles. The van der Waals surface area contributed by atoms with Crippen molar-refractivity contribution >= 4 is 17.3 Å². The summed E-state index contributed by atoms with van der Waals surface area (Å²) in [6.07, 6.45) is -0.815. The Morgan fingerprint density at radius 3 is 2.54 bits per heavy atom. The second-order valence-corrected chi connectivity index (χ2v) is 6.21. The Balaban J connectivity index is 1.77. The predicted octanol–water partition coefficient (Wildman–Crippen LogP) is 3.63. The maximum Gasteiger partial charge on any atom is 0.339 e. The van der Waals surface area contributed by atoms with Gasteiger partial charge in [0.05, 0.1) is 10.5 Å². The van der Waals surface area contributed by atoms with Gasteiger partial charge >= 0.3 is 5.97 Å². The number of aromatic nitrogens is 2. The summed E-state index contributed by atoms with van der Waals surface area (Å²) >= 11 is 0. The van der Waals surface area contributed by atoms with Crippen LogP contribution in [0.15, 0.2) is 52.9 Å². The molecule has 0 bridgehead atoms. The molecule has 0 N–H and O–H groups in total. The van der Waals surface area contributed by atoms with Crippen molar-refractivity contribution in [3.05, 3.63) is 70.1 Å². The molecule has 0 saturated heterocycles. The molecule has 0 spiro atoms. The highest BCUT2D eigenvalue weighted by atomic mass is 16.6. The minimum atomic E-state index is -0.815. The van der Waals surface area contributed by atoms with E-state index in [1.807, 2.05) is 30.3 Å². The number of hydrogen-bond acceptors (Lipinski definition) is 8. The first-order valence-corrected chi connectivity index (χ1v) is 8.42. The molecule has 0 fully saturated rings.